The van der Waals surface area contributed by atoms with Gasteiger partial charge in [0.1, 0.15) is 0 Å². The predicted octanol–water partition coefficient (Wildman–Crippen LogP) is 3.62. The van der Waals surface area contributed by atoms with E-state index in [4.69, 9.17) is 11.6 Å². The van der Waals surface area contributed by atoms with Crippen LogP contribution < -0.4 is 5.32 Å². The third-order valence-electron chi connectivity index (χ3n) is 4.86. The van der Waals surface area contributed by atoms with Gasteiger partial charge in [-0.25, -0.2) is 8.42 Å². The fourth-order valence-electron chi connectivity index (χ4n) is 3.29. The van der Waals surface area contributed by atoms with Crippen LogP contribution in [0.25, 0.3) is 0 Å². The van der Waals surface area contributed by atoms with Crippen LogP contribution in [0.3, 0.4) is 0 Å². The topological polar surface area (TPSA) is 66.5 Å². The Hall–Kier alpha value is -1.89. The maximum absolute atomic E-state index is 12.9. The number of benzene rings is 2. The number of carbonyl (C=O) groups is 1. The number of hydrogen-bond donors (Lipinski definition) is 1. The van der Waals surface area contributed by atoms with Crippen molar-refractivity contribution >= 4 is 27.5 Å². The summed E-state index contributed by atoms with van der Waals surface area (Å²) in [7, 11) is -3.63. The highest BCUT2D eigenvalue weighted by molar-refractivity contribution is 7.89. The monoisotopic (exact) mass is 406 g/mol. The first-order valence-corrected chi connectivity index (χ1v) is 10.8. The van der Waals surface area contributed by atoms with Gasteiger partial charge < -0.3 is 5.32 Å². The predicted molar refractivity (Wildman–Crippen MR) is 106 cm³/mol. The van der Waals surface area contributed by atoms with Crippen LogP contribution in [0.2, 0.25) is 5.02 Å². The zero-order valence-corrected chi connectivity index (χ0v) is 16.7. The molecule has 1 saturated heterocycles. The minimum absolute atomic E-state index is 0.109. The Bertz CT molecular complexity index is 885. The summed E-state index contributed by atoms with van der Waals surface area (Å²) in [6, 6.07) is 15.7. The van der Waals surface area contributed by atoms with Gasteiger partial charge in [-0.15, -0.1) is 0 Å². The highest BCUT2D eigenvalue weighted by atomic mass is 35.5. The summed E-state index contributed by atoms with van der Waals surface area (Å²) < 4.78 is 27.1. The average Bonchev–Trinajstić information content (AvgIpc) is 2.69. The Morgan fingerprint density at radius 1 is 1.15 bits per heavy atom. The number of piperidine rings is 1. The molecule has 1 aliphatic rings. The summed E-state index contributed by atoms with van der Waals surface area (Å²) in [4.78, 5) is 12.9. The normalized spacial score (nSPS) is 19.4. The first kappa shape index (κ1) is 19.9. The molecule has 144 valence electrons. The Morgan fingerprint density at radius 3 is 2.48 bits per heavy atom. The summed E-state index contributed by atoms with van der Waals surface area (Å²) in [5.74, 6) is -0.464. The number of sulfonamides is 1. The molecule has 1 amide bonds. The van der Waals surface area contributed by atoms with Crippen molar-refractivity contribution in [2.24, 2.45) is 5.92 Å². The van der Waals surface area contributed by atoms with Crippen LogP contribution in [-0.4, -0.2) is 31.7 Å². The molecule has 2 aromatic carbocycles. The van der Waals surface area contributed by atoms with Crippen LogP contribution in [0.15, 0.2) is 59.5 Å². The highest BCUT2D eigenvalue weighted by Gasteiger charge is 2.33. The summed E-state index contributed by atoms with van der Waals surface area (Å²) in [6.45, 7) is 2.54. The molecule has 3 rings (SSSR count). The van der Waals surface area contributed by atoms with E-state index < -0.39 is 10.0 Å². The van der Waals surface area contributed by atoms with Gasteiger partial charge in [0.2, 0.25) is 15.9 Å². The van der Waals surface area contributed by atoms with Crippen LogP contribution >= 0.6 is 11.6 Å². The van der Waals surface area contributed by atoms with Gasteiger partial charge in [-0.2, -0.15) is 4.31 Å². The van der Waals surface area contributed by atoms with Gasteiger partial charge in [-0.05, 0) is 49.6 Å². The lowest BCUT2D eigenvalue weighted by molar-refractivity contribution is -0.126. The van der Waals surface area contributed by atoms with E-state index in [2.05, 4.69) is 5.32 Å². The second kappa shape index (κ2) is 8.42. The van der Waals surface area contributed by atoms with E-state index in [0.29, 0.717) is 24.4 Å². The summed E-state index contributed by atoms with van der Waals surface area (Å²) in [6.07, 6.45) is 1.34. The second-order valence-corrected chi connectivity index (χ2v) is 9.17. The van der Waals surface area contributed by atoms with Gasteiger partial charge in [0.05, 0.1) is 16.9 Å². The molecule has 0 aromatic heterocycles. The van der Waals surface area contributed by atoms with Gasteiger partial charge in [0.25, 0.3) is 0 Å². The molecule has 5 nitrogen and oxygen atoms in total. The SMILES string of the molecule is C[C@H](NC(=O)[C@H]1CCCN(S(=O)(=O)c2ccc(Cl)cc2)C1)c1ccccc1. The van der Waals surface area contributed by atoms with Gasteiger partial charge in [-0.3, -0.25) is 4.79 Å². The maximum atomic E-state index is 12.9. The van der Waals surface area contributed by atoms with Crippen molar-refractivity contribution in [2.45, 2.75) is 30.7 Å². The number of halogens is 1. The highest BCUT2D eigenvalue weighted by Crippen LogP contribution is 2.25. The molecule has 1 aliphatic heterocycles. The maximum Gasteiger partial charge on any atom is 0.243 e. The lowest BCUT2D eigenvalue weighted by atomic mass is 9.98. The van der Waals surface area contributed by atoms with Crippen molar-refractivity contribution in [1.29, 1.82) is 0 Å². The van der Waals surface area contributed by atoms with E-state index in [1.54, 1.807) is 12.1 Å². The van der Waals surface area contributed by atoms with Gasteiger partial charge in [0.15, 0.2) is 0 Å². The Morgan fingerprint density at radius 2 is 1.81 bits per heavy atom. The largest absolute Gasteiger partial charge is 0.349 e. The molecule has 27 heavy (non-hydrogen) atoms. The van der Waals surface area contributed by atoms with Crippen molar-refractivity contribution in [3.05, 3.63) is 65.2 Å². The van der Waals surface area contributed by atoms with Crippen molar-refractivity contribution in [3.63, 3.8) is 0 Å². The third-order valence-corrected chi connectivity index (χ3v) is 7.00. The number of rotatable bonds is 5. The molecule has 2 aromatic rings. The molecular weight excluding hydrogens is 384 g/mol. The van der Waals surface area contributed by atoms with Crippen molar-refractivity contribution in [3.8, 4) is 0 Å². The third kappa shape index (κ3) is 4.69. The number of hydrogen-bond acceptors (Lipinski definition) is 3. The van der Waals surface area contributed by atoms with E-state index in [0.717, 1.165) is 5.56 Å². The molecule has 0 aliphatic carbocycles. The average molecular weight is 407 g/mol. The first-order chi connectivity index (χ1) is 12.9. The molecule has 0 bridgehead atoms. The van der Waals surface area contributed by atoms with Gasteiger partial charge in [0, 0.05) is 18.1 Å². The molecule has 0 saturated carbocycles. The van der Waals surface area contributed by atoms with Crippen LogP contribution in [0.1, 0.15) is 31.4 Å². The standard InChI is InChI=1S/C20H23ClN2O3S/c1-15(16-6-3-2-4-7-16)22-20(24)17-8-5-13-23(14-17)27(25,26)19-11-9-18(21)10-12-19/h2-4,6-7,9-12,15,17H,5,8,13-14H2,1H3,(H,22,24)/t15-,17-/m0/s1. The molecule has 0 spiro atoms. The first-order valence-electron chi connectivity index (χ1n) is 8.99. The van der Waals surface area contributed by atoms with E-state index >= 15 is 0 Å². The molecule has 0 unspecified atom stereocenters. The number of amides is 1. The second-order valence-electron chi connectivity index (χ2n) is 6.80. The van der Waals surface area contributed by atoms with Crippen LogP contribution in [-0.2, 0) is 14.8 Å². The van der Waals surface area contributed by atoms with Crippen LogP contribution in [0, 0.1) is 5.92 Å². The van der Waals surface area contributed by atoms with E-state index in [9.17, 15) is 13.2 Å². The molecule has 2 atom stereocenters. The Labute approximate surface area is 165 Å². The molecule has 1 N–H and O–H groups in total. The Kier molecular flexibility index (Phi) is 6.19. The summed E-state index contributed by atoms with van der Waals surface area (Å²) in [5.41, 5.74) is 1.02. The van der Waals surface area contributed by atoms with Crippen molar-refractivity contribution in [1.82, 2.24) is 9.62 Å². The number of nitrogens with one attached hydrogen (secondary N) is 1. The minimum atomic E-state index is -3.63. The molecule has 1 heterocycles. The van der Waals surface area contributed by atoms with Gasteiger partial charge in [-0.1, -0.05) is 41.9 Å². The summed E-state index contributed by atoms with van der Waals surface area (Å²) in [5, 5.41) is 3.49. The van der Waals surface area contributed by atoms with Crippen molar-refractivity contribution < 1.29 is 13.2 Å². The van der Waals surface area contributed by atoms with Crippen LogP contribution in [0.4, 0.5) is 0 Å². The molecule has 0 radical (unpaired) electrons. The lowest BCUT2D eigenvalue weighted by Crippen LogP contribution is -2.45. The Balaban J connectivity index is 1.68. The zero-order chi connectivity index (χ0) is 19.4. The smallest absolute Gasteiger partial charge is 0.243 e. The number of nitrogens with zero attached hydrogens (tertiary/aromatic N) is 1. The fraction of sp³-hybridized carbons (Fsp3) is 0.350. The quantitative estimate of drug-likeness (QED) is 0.824. The lowest BCUT2D eigenvalue weighted by Gasteiger charge is -2.32. The van der Waals surface area contributed by atoms with Crippen molar-refractivity contribution in [2.75, 3.05) is 13.1 Å². The van der Waals surface area contributed by atoms with E-state index in [1.165, 1.54) is 16.4 Å². The molecule has 1 fully saturated rings. The zero-order valence-electron chi connectivity index (χ0n) is 15.1. The number of carbonyl (C=O) groups excluding carboxylic acids is 1. The van der Waals surface area contributed by atoms with E-state index in [-0.39, 0.29) is 29.3 Å². The molecule has 7 heteroatoms. The van der Waals surface area contributed by atoms with Gasteiger partial charge >= 0.3 is 0 Å². The summed E-state index contributed by atoms with van der Waals surface area (Å²) >= 11 is 5.85. The molecular formula is C20H23ClN2O3S. The fourth-order valence-corrected chi connectivity index (χ4v) is 4.94. The minimum Gasteiger partial charge on any atom is -0.349 e. The van der Waals surface area contributed by atoms with E-state index in [1.807, 2.05) is 37.3 Å². The van der Waals surface area contributed by atoms with Crippen LogP contribution in [0.5, 0.6) is 0 Å².